The van der Waals surface area contributed by atoms with Crippen molar-refractivity contribution in [3.8, 4) is 5.75 Å². The molecule has 9 nitrogen and oxygen atoms in total. The van der Waals surface area contributed by atoms with Crippen LogP contribution in [0.3, 0.4) is 0 Å². The van der Waals surface area contributed by atoms with Gasteiger partial charge in [-0.2, -0.15) is 4.98 Å². The molecule has 2 aliphatic heterocycles. The van der Waals surface area contributed by atoms with Gasteiger partial charge in [0.1, 0.15) is 5.02 Å². The Morgan fingerprint density at radius 3 is 2.86 bits per heavy atom. The number of benzene rings is 1. The molecule has 3 N–H and O–H groups in total. The van der Waals surface area contributed by atoms with Crippen molar-refractivity contribution in [2.24, 2.45) is 13.0 Å². The first kappa shape index (κ1) is 24.2. The number of ether oxygens (including phenoxy) is 1. The lowest BCUT2D eigenvalue weighted by Gasteiger charge is -2.30. The van der Waals surface area contributed by atoms with Gasteiger partial charge in [0.25, 0.3) is 5.56 Å². The van der Waals surface area contributed by atoms with Crippen molar-refractivity contribution in [2.45, 2.75) is 43.8 Å². The Kier molecular flexibility index (Phi) is 5.87. The number of hydrogen-bond donors (Lipinski definition) is 3. The van der Waals surface area contributed by atoms with Crippen LogP contribution in [-0.2, 0) is 7.05 Å². The number of halogens is 3. The summed E-state index contributed by atoms with van der Waals surface area (Å²) in [6.45, 7) is 0.319. The topological polar surface area (TPSA) is 105 Å². The van der Waals surface area contributed by atoms with Crippen LogP contribution in [-0.4, -0.2) is 57.4 Å². The summed E-state index contributed by atoms with van der Waals surface area (Å²) in [5, 5.41) is 17.1. The Hall–Kier alpha value is -3.18. The lowest BCUT2D eigenvalue weighted by molar-refractivity contribution is -0.0579. The summed E-state index contributed by atoms with van der Waals surface area (Å²) in [6, 6.07) is 4.16. The molecule has 6 rings (SSSR count). The molecule has 2 fully saturated rings. The molecule has 3 aromatic rings. The number of nitrogens with zero attached hydrogens (tertiary/aromatic N) is 4. The number of β-amino-alcohol motifs (C(OH)–C–C–N with tert-alkyl or cyclic N) is 1. The molecule has 196 valence electrons. The highest BCUT2D eigenvalue weighted by Crippen LogP contribution is 2.45. The summed E-state index contributed by atoms with van der Waals surface area (Å²) in [5.41, 5.74) is 0.962. The molecule has 0 spiro atoms. The molecule has 1 aromatic carbocycles. The Morgan fingerprint density at radius 1 is 1.30 bits per heavy atom. The van der Waals surface area contributed by atoms with Crippen LogP contribution in [0.4, 0.5) is 31.9 Å². The number of rotatable bonds is 4. The van der Waals surface area contributed by atoms with Gasteiger partial charge in [-0.05, 0) is 49.8 Å². The number of pyridine rings is 1. The molecular weight excluding hydrogens is 506 g/mol. The van der Waals surface area contributed by atoms with E-state index in [0.717, 1.165) is 19.4 Å². The van der Waals surface area contributed by atoms with Gasteiger partial charge in [0.05, 0.1) is 29.5 Å². The van der Waals surface area contributed by atoms with Crippen LogP contribution in [0.15, 0.2) is 29.2 Å². The molecule has 0 radical (unpaired) electrons. The molecule has 1 saturated carbocycles. The van der Waals surface area contributed by atoms with Crippen LogP contribution < -0.4 is 25.8 Å². The monoisotopic (exact) mass is 532 g/mol. The molecule has 0 unspecified atom stereocenters. The molecule has 2 atom stereocenters. The molecule has 0 amide bonds. The summed E-state index contributed by atoms with van der Waals surface area (Å²) in [7, 11) is 1.59. The van der Waals surface area contributed by atoms with Crippen molar-refractivity contribution in [1.82, 2.24) is 14.5 Å². The average molecular weight is 533 g/mol. The van der Waals surface area contributed by atoms with E-state index in [1.54, 1.807) is 25.2 Å². The van der Waals surface area contributed by atoms with Crippen molar-refractivity contribution in [3.05, 3.63) is 39.8 Å². The van der Waals surface area contributed by atoms with Crippen LogP contribution in [0.1, 0.15) is 25.7 Å². The van der Waals surface area contributed by atoms with Gasteiger partial charge in [-0.25, -0.2) is 13.8 Å². The lowest BCUT2D eigenvalue weighted by atomic mass is 10.0. The van der Waals surface area contributed by atoms with E-state index in [4.69, 9.17) is 16.3 Å². The summed E-state index contributed by atoms with van der Waals surface area (Å²) < 4.78 is 36.6. The Bertz CT molecular complexity index is 1430. The van der Waals surface area contributed by atoms with Crippen LogP contribution >= 0.6 is 11.6 Å². The molecule has 1 aliphatic carbocycles. The highest BCUT2D eigenvalue weighted by molar-refractivity contribution is 6.32. The number of anilines is 4. The highest BCUT2D eigenvalue weighted by Gasteiger charge is 2.51. The fourth-order valence-electron chi connectivity index (χ4n) is 5.16. The van der Waals surface area contributed by atoms with Gasteiger partial charge in [0.2, 0.25) is 11.7 Å². The van der Waals surface area contributed by atoms with Gasteiger partial charge < -0.3 is 29.9 Å². The molecule has 2 aromatic heterocycles. The number of aliphatic hydroxyl groups is 1. The Labute approximate surface area is 216 Å². The number of alkyl halides is 2. The minimum absolute atomic E-state index is 0.110. The third-order valence-corrected chi connectivity index (χ3v) is 7.56. The fraction of sp³-hybridized carbons (Fsp3) is 0.480. The van der Waals surface area contributed by atoms with E-state index in [1.165, 1.54) is 10.8 Å². The zero-order valence-corrected chi connectivity index (χ0v) is 20.9. The fourth-order valence-corrected chi connectivity index (χ4v) is 5.30. The van der Waals surface area contributed by atoms with Gasteiger partial charge in [-0.1, -0.05) is 11.6 Å². The van der Waals surface area contributed by atoms with Gasteiger partial charge in [0, 0.05) is 31.2 Å². The molecular formula is C25H27ClF2N6O3. The van der Waals surface area contributed by atoms with Crippen LogP contribution in [0, 0.1) is 5.92 Å². The number of aryl methyl sites for hydroxylation is 1. The second-order valence-corrected chi connectivity index (χ2v) is 10.5. The van der Waals surface area contributed by atoms with Crippen molar-refractivity contribution in [1.29, 1.82) is 0 Å². The number of aliphatic hydroxyl groups excluding tert-OH is 1. The molecule has 37 heavy (non-hydrogen) atoms. The molecule has 4 heterocycles. The van der Waals surface area contributed by atoms with E-state index in [2.05, 4.69) is 20.6 Å². The van der Waals surface area contributed by atoms with Gasteiger partial charge in [0.15, 0.2) is 12.4 Å². The molecule has 0 bridgehead atoms. The first-order valence-electron chi connectivity index (χ1n) is 12.4. The summed E-state index contributed by atoms with van der Waals surface area (Å²) in [6.07, 6.45) is 4.06. The summed E-state index contributed by atoms with van der Waals surface area (Å²) in [5.74, 6) is -2.57. The van der Waals surface area contributed by atoms with Crippen molar-refractivity contribution < 1.29 is 18.6 Å². The molecule has 1 saturated heterocycles. The number of nitrogens with one attached hydrogen (secondary N) is 2. The number of fused-ring (bicyclic) bond motifs is 3. The maximum Gasteiger partial charge on any atom is 0.301 e. The van der Waals surface area contributed by atoms with E-state index in [1.807, 2.05) is 4.90 Å². The second kappa shape index (κ2) is 8.98. The molecule has 12 heteroatoms. The van der Waals surface area contributed by atoms with E-state index in [0.29, 0.717) is 52.8 Å². The first-order chi connectivity index (χ1) is 17.7. The normalized spacial score (nSPS) is 23.1. The van der Waals surface area contributed by atoms with Crippen LogP contribution in [0.25, 0.3) is 10.9 Å². The Balaban J connectivity index is 1.39. The SMILES string of the molecule is Cn1c(=O)c2c(c3cc(Nc4nc(N5CCC[C@H](O)C5)ncc4Cl)ccc31)N[C@@H](C1CC1)C(F)(F)CO2. The minimum atomic E-state index is -3.11. The smallest absolute Gasteiger partial charge is 0.301 e. The lowest BCUT2D eigenvalue weighted by Crippen LogP contribution is -2.44. The first-order valence-corrected chi connectivity index (χ1v) is 12.8. The van der Waals surface area contributed by atoms with Gasteiger partial charge in [-0.3, -0.25) is 4.79 Å². The Morgan fingerprint density at radius 2 is 2.11 bits per heavy atom. The standard InChI is InChI=1S/C25H27ClF2N6O3/c1-33-18-7-6-14(30-22-17(26)10-29-24(32-22)34-8-2-3-15(35)11-34)9-16(18)19-20(23(33)36)37-12-25(27,28)21(31-19)13-4-5-13/h6-7,9-10,13,15,21,31,35H,2-5,8,11-12H2,1H3,(H,29,30,32)/t15-,21-/m0/s1. The summed E-state index contributed by atoms with van der Waals surface area (Å²) >= 11 is 6.39. The highest BCUT2D eigenvalue weighted by atomic mass is 35.5. The van der Waals surface area contributed by atoms with E-state index < -0.39 is 30.2 Å². The van der Waals surface area contributed by atoms with Crippen molar-refractivity contribution in [2.75, 3.05) is 35.2 Å². The average Bonchev–Trinajstić information content (AvgIpc) is 3.71. The van der Waals surface area contributed by atoms with Crippen LogP contribution in [0.2, 0.25) is 5.02 Å². The van der Waals surface area contributed by atoms with E-state index >= 15 is 0 Å². The second-order valence-electron chi connectivity index (χ2n) is 10.0. The minimum Gasteiger partial charge on any atom is -0.480 e. The van der Waals surface area contributed by atoms with Crippen molar-refractivity contribution in [3.63, 3.8) is 0 Å². The number of hydrogen-bond acceptors (Lipinski definition) is 8. The predicted molar refractivity (Wildman–Crippen MR) is 138 cm³/mol. The van der Waals surface area contributed by atoms with Gasteiger partial charge >= 0.3 is 5.92 Å². The number of aromatic nitrogens is 3. The van der Waals surface area contributed by atoms with Crippen molar-refractivity contribution >= 4 is 45.6 Å². The third kappa shape index (κ3) is 4.44. The zero-order chi connectivity index (χ0) is 25.9. The van der Waals surface area contributed by atoms with E-state index in [-0.39, 0.29) is 17.4 Å². The predicted octanol–water partition coefficient (Wildman–Crippen LogP) is 3.90. The summed E-state index contributed by atoms with van der Waals surface area (Å²) in [4.78, 5) is 23.8. The quantitative estimate of drug-likeness (QED) is 0.465. The maximum atomic E-state index is 14.9. The zero-order valence-electron chi connectivity index (χ0n) is 20.2. The number of piperidine rings is 1. The van der Waals surface area contributed by atoms with Gasteiger partial charge in [-0.15, -0.1) is 0 Å². The largest absolute Gasteiger partial charge is 0.480 e. The maximum absolute atomic E-state index is 14.9. The van der Waals surface area contributed by atoms with Crippen LogP contribution in [0.5, 0.6) is 5.75 Å². The third-order valence-electron chi connectivity index (χ3n) is 7.28. The molecule has 3 aliphatic rings. The van der Waals surface area contributed by atoms with E-state index in [9.17, 15) is 18.7 Å².